The van der Waals surface area contributed by atoms with Gasteiger partial charge in [-0.15, -0.1) is 0 Å². The average molecular weight is 551 g/mol. The molecule has 0 unspecified atom stereocenters. The van der Waals surface area contributed by atoms with Gasteiger partial charge >= 0.3 is 0 Å². The van der Waals surface area contributed by atoms with E-state index in [0.29, 0.717) is 22.8 Å². The van der Waals surface area contributed by atoms with Crippen LogP contribution in [0, 0.1) is 0 Å². The molecule has 2 heterocycles. The van der Waals surface area contributed by atoms with Crippen LogP contribution in [0.25, 0.3) is 16.7 Å². The van der Waals surface area contributed by atoms with Gasteiger partial charge in [0.2, 0.25) is 0 Å². The number of nitrogens with one attached hydrogen (secondary N) is 1. The Morgan fingerprint density at radius 3 is 2.50 bits per heavy atom. The second kappa shape index (κ2) is 10.4. The molecule has 0 bridgehead atoms. The number of likely N-dealkylation sites (tertiary alicyclic amines) is 1. The lowest BCUT2D eigenvalue weighted by molar-refractivity contribution is -0.139. The number of methoxy groups -OCH3 is 2. The highest BCUT2D eigenvalue weighted by molar-refractivity contribution is 6.47. The van der Waals surface area contributed by atoms with Crippen molar-refractivity contribution in [2.75, 3.05) is 20.8 Å². The fraction of sp³-hybridized carbons (Fsp3) is 0.172. The molecule has 194 valence electrons. The van der Waals surface area contributed by atoms with Crippen molar-refractivity contribution >= 4 is 51.6 Å². The number of halogens is 2. The number of rotatable bonds is 7. The SMILES string of the molecule is COc1cccc([C@H]2C(=C(O)c3ccc(Cl)cc3Cl)C(=O)C(=O)N2CCc2c[nH]c3ccc(OC)cc23)c1. The van der Waals surface area contributed by atoms with Gasteiger partial charge in [-0.2, -0.15) is 0 Å². The number of ketones is 1. The number of fused-ring (bicyclic) bond motifs is 1. The number of amides is 1. The Balaban J connectivity index is 1.58. The zero-order valence-corrected chi connectivity index (χ0v) is 22.1. The number of aromatic nitrogens is 1. The van der Waals surface area contributed by atoms with Crippen LogP contribution in [-0.2, 0) is 16.0 Å². The maximum absolute atomic E-state index is 13.4. The van der Waals surface area contributed by atoms with Crippen LogP contribution in [0.2, 0.25) is 10.0 Å². The molecule has 0 radical (unpaired) electrons. The van der Waals surface area contributed by atoms with E-state index >= 15 is 0 Å². The number of aromatic amines is 1. The van der Waals surface area contributed by atoms with Crippen molar-refractivity contribution in [3.05, 3.63) is 99.2 Å². The third kappa shape index (κ3) is 4.59. The first-order chi connectivity index (χ1) is 18.3. The van der Waals surface area contributed by atoms with Gasteiger partial charge in [-0.1, -0.05) is 35.3 Å². The zero-order chi connectivity index (χ0) is 27.0. The fourth-order valence-corrected chi connectivity index (χ4v) is 5.33. The van der Waals surface area contributed by atoms with Gasteiger partial charge in [0, 0.05) is 34.2 Å². The molecule has 0 saturated carbocycles. The number of benzene rings is 3. The summed E-state index contributed by atoms with van der Waals surface area (Å²) >= 11 is 12.4. The van der Waals surface area contributed by atoms with Crippen molar-refractivity contribution in [3.8, 4) is 11.5 Å². The maximum atomic E-state index is 13.4. The van der Waals surface area contributed by atoms with E-state index < -0.39 is 17.7 Å². The number of nitrogens with zero attached hydrogens (tertiary/aromatic N) is 1. The molecule has 1 fully saturated rings. The molecule has 3 aromatic carbocycles. The maximum Gasteiger partial charge on any atom is 0.295 e. The molecule has 1 saturated heterocycles. The Kier molecular flexibility index (Phi) is 7.06. The second-order valence-corrected chi connectivity index (χ2v) is 9.71. The molecule has 1 amide bonds. The number of hydrogen-bond donors (Lipinski definition) is 2. The number of aliphatic hydroxyl groups is 1. The van der Waals surface area contributed by atoms with Crippen LogP contribution in [0.1, 0.15) is 22.7 Å². The van der Waals surface area contributed by atoms with Gasteiger partial charge in [0.25, 0.3) is 11.7 Å². The van der Waals surface area contributed by atoms with E-state index in [2.05, 4.69) is 4.98 Å². The van der Waals surface area contributed by atoms with Crippen LogP contribution < -0.4 is 9.47 Å². The first kappa shape index (κ1) is 25.7. The number of H-pyrrole nitrogens is 1. The molecule has 7 nitrogen and oxygen atoms in total. The summed E-state index contributed by atoms with van der Waals surface area (Å²) in [4.78, 5) is 31.5. The van der Waals surface area contributed by atoms with Gasteiger partial charge in [0.05, 0.1) is 30.9 Å². The van der Waals surface area contributed by atoms with Crippen LogP contribution in [0.15, 0.2) is 72.4 Å². The lowest BCUT2D eigenvalue weighted by atomic mass is 9.95. The summed E-state index contributed by atoms with van der Waals surface area (Å²) in [6, 6.07) is 16.5. The van der Waals surface area contributed by atoms with Crippen LogP contribution >= 0.6 is 23.2 Å². The van der Waals surface area contributed by atoms with E-state index in [1.165, 1.54) is 24.1 Å². The molecule has 1 atom stereocenters. The average Bonchev–Trinajstić information content (AvgIpc) is 3.44. The van der Waals surface area contributed by atoms with E-state index in [0.717, 1.165) is 22.2 Å². The first-order valence-corrected chi connectivity index (χ1v) is 12.6. The number of ether oxygens (including phenoxy) is 2. The lowest BCUT2D eigenvalue weighted by Gasteiger charge is -2.25. The van der Waals surface area contributed by atoms with Gasteiger partial charge in [0.15, 0.2) is 0 Å². The van der Waals surface area contributed by atoms with Gasteiger partial charge < -0.3 is 24.5 Å². The molecule has 0 aliphatic carbocycles. The minimum absolute atomic E-state index is 0.0481. The largest absolute Gasteiger partial charge is 0.507 e. The predicted octanol–water partition coefficient (Wildman–Crippen LogP) is 6.16. The van der Waals surface area contributed by atoms with E-state index in [4.69, 9.17) is 32.7 Å². The van der Waals surface area contributed by atoms with Crippen molar-refractivity contribution in [2.45, 2.75) is 12.5 Å². The van der Waals surface area contributed by atoms with Crippen molar-refractivity contribution in [1.82, 2.24) is 9.88 Å². The molecule has 1 aliphatic rings. The predicted molar refractivity (Wildman–Crippen MR) is 147 cm³/mol. The summed E-state index contributed by atoms with van der Waals surface area (Å²) in [5, 5.41) is 12.8. The van der Waals surface area contributed by atoms with Crippen molar-refractivity contribution in [3.63, 3.8) is 0 Å². The molecule has 38 heavy (non-hydrogen) atoms. The quantitative estimate of drug-likeness (QED) is 0.163. The smallest absolute Gasteiger partial charge is 0.295 e. The third-order valence-corrected chi connectivity index (χ3v) is 7.28. The summed E-state index contributed by atoms with van der Waals surface area (Å²) in [5.74, 6) is -0.586. The van der Waals surface area contributed by atoms with Gasteiger partial charge in [-0.05, 0) is 66.1 Å². The molecule has 0 spiro atoms. The molecule has 4 aromatic rings. The van der Waals surface area contributed by atoms with Crippen molar-refractivity contribution < 1.29 is 24.2 Å². The molecule has 5 rings (SSSR count). The molecule has 1 aromatic heterocycles. The minimum Gasteiger partial charge on any atom is -0.507 e. The summed E-state index contributed by atoms with van der Waals surface area (Å²) in [7, 11) is 3.14. The number of hydrogen-bond acceptors (Lipinski definition) is 5. The van der Waals surface area contributed by atoms with Gasteiger partial charge in [-0.3, -0.25) is 9.59 Å². The Hall–Kier alpha value is -3.94. The monoisotopic (exact) mass is 550 g/mol. The summed E-state index contributed by atoms with van der Waals surface area (Å²) in [6.07, 6.45) is 2.34. The highest BCUT2D eigenvalue weighted by Gasteiger charge is 2.46. The number of Topliss-reactive ketones (excluding diaryl/α,β-unsaturated/α-hetero) is 1. The van der Waals surface area contributed by atoms with Gasteiger partial charge in [0.1, 0.15) is 17.3 Å². The number of carbonyl (C=O) groups is 2. The first-order valence-electron chi connectivity index (χ1n) is 11.8. The van der Waals surface area contributed by atoms with Crippen LogP contribution in [0.5, 0.6) is 11.5 Å². The van der Waals surface area contributed by atoms with Crippen LogP contribution in [0.4, 0.5) is 0 Å². The second-order valence-electron chi connectivity index (χ2n) is 8.87. The molecular weight excluding hydrogens is 527 g/mol. The summed E-state index contributed by atoms with van der Waals surface area (Å²) in [5.41, 5.74) is 2.69. The van der Waals surface area contributed by atoms with Crippen LogP contribution in [-0.4, -0.2) is 47.4 Å². The Morgan fingerprint density at radius 2 is 1.76 bits per heavy atom. The molecule has 2 N–H and O–H groups in total. The number of carbonyl (C=O) groups excluding carboxylic acids is 2. The molecular formula is C29H24Cl2N2O5. The molecule has 9 heteroatoms. The summed E-state index contributed by atoms with van der Waals surface area (Å²) < 4.78 is 10.8. The Morgan fingerprint density at radius 1 is 1.00 bits per heavy atom. The zero-order valence-electron chi connectivity index (χ0n) is 20.6. The number of aliphatic hydroxyl groups excluding tert-OH is 1. The Labute approximate surface area is 229 Å². The van der Waals surface area contributed by atoms with Crippen LogP contribution in [0.3, 0.4) is 0 Å². The summed E-state index contributed by atoms with van der Waals surface area (Å²) in [6.45, 7) is 0.224. The van der Waals surface area contributed by atoms with E-state index in [1.807, 2.05) is 24.4 Å². The van der Waals surface area contributed by atoms with Crippen molar-refractivity contribution in [2.24, 2.45) is 0 Å². The van der Waals surface area contributed by atoms with Crippen molar-refractivity contribution in [1.29, 1.82) is 0 Å². The fourth-order valence-electron chi connectivity index (χ4n) is 4.83. The van der Waals surface area contributed by atoms with E-state index in [-0.39, 0.29) is 28.5 Å². The molecule has 1 aliphatic heterocycles. The lowest BCUT2D eigenvalue weighted by Crippen LogP contribution is -2.31. The standard InChI is InChI=1S/C29H24Cl2N2O5/c1-37-19-5-3-4-16(12-19)26-25(27(34)21-8-6-18(30)13-23(21)31)28(35)29(36)33(26)11-10-17-15-32-24-9-7-20(38-2)14-22(17)24/h3-9,12-15,26,32,34H,10-11H2,1-2H3/t26-/m0/s1. The highest BCUT2D eigenvalue weighted by atomic mass is 35.5. The highest BCUT2D eigenvalue weighted by Crippen LogP contribution is 2.41. The van der Waals surface area contributed by atoms with E-state index in [9.17, 15) is 14.7 Å². The normalized spacial score (nSPS) is 16.8. The van der Waals surface area contributed by atoms with Gasteiger partial charge in [-0.25, -0.2) is 0 Å². The Bertz CT molecular complexity index is 1590. The third-order valence-electron chi connectivity index (χ3n) is 6.73. The topological polar surface area (TPSA) is 91.9 Å². The minimum atomic E-state index is -0.850. The van der Waals surface area contributed by atoms with E-state index in [1.54, 1.807) is 37.4 Å².